The smallest absolute Gasteiger partial charge is 0.210 e. The molecule has 0 saturated carbocycles. The summed E-state index contributed by atoms with van der Waals surface area (Å²) < 4.78 is 5.53. The van der Waals surface area contributed by atoms with E-state index in [4.69, 9.17) is 4.74 Å². The van der Waals surface area contributed by atoms with E-state index in [9.17, 15) is 4.79 Å². The second-order valence-electron chi connectivity index (χ2n) is 3.54. The quantitative estimate of drug-likeness (QED) is 0.627. The molecule has 1 aromatic rings. The van der Waals surface area contributed by atoms with Gasteiger partial charge >= 0.3 is 0 Å². The van der Waals surface area contributed by atoms with Crippen molar-refractivity contribution in [2.24, 2.45) is 0 Å². The molecule has 1 aliphatic rings. The van der Waals surface area contributed by atoms with Crippen LogP contribution in [0.15, 0.2) is 18.2 Å². The van der Waals surface area contributed by atoms with Gasteiger partial charge in [0.15, 0.2) is 0 Å². The van der Waals surface area contributed by atoms with Crippen LogP contribution in [0.1, 0.15) is 11.1 Å². The molecule has 3 heteroatoms. The standard InChI is InChI=1S/C11H13NO2/c1-9-2-3-11-10(6-9)7-12(8-13)4-5-14-11/h2-3,6,8H,4-5,7H2,1H3. The van der Waals surface area contributed by atoms with E-state index in [0.717, 1.165) is 17.7 Å². The van der Waals surface area contributed by atoms with Crippen molar-refractivity contribution in [3.63, 3.8) is 0 Å². The number of carbonyl (C=O) groups excluding carboxylic acids is 1. The molecule has 74 valence electrons. The van der Waals surface area contributed by atoms with Crippen molar-refractivity contribution in [3.05, 3.63) is 29.3 Å². The molecule has 0 bridgehead atoms. The van der Waals surface area contributed by atoms with Crippen LogP contribution in [0.2, 0.25) is 0 Å². The fourth-order valence-electron chi connectivity index (χ4n) is 1.63. The number of carbonyl (C=O) groups is 1. The SMILES string of the molecule is Cc1ccc2c(c1)CN(C=O)CCO2. The van der Waals surface area contributed by atoms with Gasteiger partial charge < -0.3 is 9.64 Å². The van der Waals surface area contributed by atoms with Crippen LogP contribution in [0.25, 0.3) is 0 Å². The van der Waals surface area contributed by atoms with E-state index in [-0.39, 0.29) is 0 Å². The molecular weight excluding hydrogens is 178 g/mol. The van der Waals surface area contributed by atoms with Crippen LogP contribution >= 0.6 is 0 Å². The highest BCUT2D eigenvalue weighted by molar-refractivity contribution is 5.49. The van der Waals surface area contributed by atoms with Crippen LogP contribution < -0.4 is 4.74 Å². The van der Waals surface area contributed by atoms with Crippen LogP contribution in [-0.4, -0.2) is 24.5 Å². The Kier molecular flexibility index (Phi) is 2.39. The van der Waals surface area contributed by atoms with E-state index >= 15 is 0 Å². The van der Waals surface area contributed by atoms with Gasteiger partial charge in [0.2, 0.25) is 6.41 Å². The topological polar surface area (TPSA) is 29.5 Å². The normalized spacial score (nSPS) is 15.4. The monoisotopic (exact) mass is 191 g/mol. The van der Waals surface area contributed by atoms with E-state index in [2.05, 4.69) is 6.07 Å². The second-order valence-corrected chi connectivity index (χ2v) is 3.54. The Balaban J connectivity index is 2.33. The van der Waals surface area contributed by atoms with Crippen LogP contribution in [0.5, 0.6) is 5.75 Å². The first kappa shape index (κ1) is 9.06. The van der Waals surface area contributed by atoms with Crippen LogP contribution in [0, 0.1) is 6.92 Å². The molecule has 14 heavy (non-hydrogen) atoms. The lowest BCUT2D eigenvalue weighted by Crippen LogP contribution is -2.23. The Bertz CT molecular complexity index is 349. The third-order valence-corrected chi connectivity index (χ3v) is 2.37. The summed E-state index contributed by atoms with van der Waals surface area (Å²) in [7, 11) is 0. The van der Waals surface area contributed by atoms with E-state index in [1.807, 2.05) is 19.1 Å². The van der Waals surface area contributed by atoms with Gasteiger partial charge in [-0.05, 0) is 13.0 Å². The average Bonchev–Trinajstić information content (AvgIpc) is 2.38. The van der Waals surface area contributed by atoms with E-state index in [1.54, 1.807) is 4.90 Å². The summed E-state index contributed by atoms with van der Waals surface area (Å²) in [5.41, 5.74) is 2.29. The fraction of sp³-hybridized carbons (Fsp3) is 0.364. The molecule has 2 rings (SSSR count). The summed E-state index contributed by atoms with van der Waals surface area (Å²) in [5.74, 6) is 0.903. The molecule has 0 saturated heterocycles. The number of fused-ring (bicyclic) bond motifs is 1. The lowest BCUT2D eigenvalue weighted by Gasteiger charge is -2.12. The van der Waals surface area contributed by atoms with Gasteiger partial charge in [-0.25, -0.2) is 0 Å². The number of hydrogen-bond donors (Lipinski definition) is 0. The summed E-state index contributed by atoms with van der Waals surface area (Å²) in [6.45, 7) is 3.93. The van der Waals surface area contributed by atoms with Crippen molar-refractivity contribution >= 4 is 6.41 Å². The number of hydrogen-bond acceptors (Lipinski definition) is 2. The van der Waals surface area contributed by atoms with Crippen LogP contribution in [0.4, 0.5) is 0 Å². The predicted molar refractivity (Wildman–Crippen MR) is 53.1 cm³/mol. The maximum Gasteiger partial charge on any atom is 0.210 e. The predicted octanol–water partition coefficient (Wildman–Crippen LogP) is 1.35. The van der Waals surface area contributed by atoms with Crippen molar-refractivity contribution in [3.8, 4) is 5.75 Å². The highest BCUT2D eigenvalue weighted by Gasteiger charge is 2.13. The molecule has 0 spiro atoms. The second kappa shape index (κ2) is 3.70. The highest BCUT2D eigenvalue weighted by atomic mass is 16.5. The number of benzene rings is 1. The highest BCUT2D eigenvalue weighted by Crippen LogP contribution is 2.23. The molecule has 3 nitrogen and oxygen atoms in total. The van der Waals surface area contributed by atoms with Crippen molar-refractivity contribution < 1.29 is 9.53 Å². The summed E-state index contributed by atoms with van der Waals surface area (Å²) in [6.07, 6.45) is 0.876. The third-order valence-electron chi connectivity index (χ3n) is 2.37. The van der Waals surface area contributed by atoms with Gasteiger partial charge in [0.1, 0.15) is 12.4 Å². The Labute approximate surface area is 83.3 Å². The molecule has 0 aliphatic carbocycles. The first-order valence-electron chi connectivity index (χ1n) is 4.71. The van der Waals surface area contributed by atoms with Crippen LogP contribution in [0.3, 0.4) is 0 Å². The average molecular weight is 191 g/mol. The lowest BCUT2D eigenvalue weighted by molar-refractivity contribution is -0.118. The third kappa shape index (κ3) is 1.71. The Morgan fingerprint density at radius 3 is 3.14 bits per heavy atom. The number of ether oxygens (including phenoxy) is 1. The zero-order valence-electron chi connectivity index (χ0n) is 8.19. The van der Waals surface area contributed by atoms with E-state index in [0.29, 0.717) is 19.7 Å². The maximum absolute atomic E-state index is 10.7. The molecular formula is C11H13NO2. The van der Waals surface area contributed by atoms with E-state index in [1.165, 1.54) is 5.56 Å². The Morgan fingerprint density at radius 1 is 1.50 bits per heavy atom. The molecule has 1 amide bonds. The number of rotatable bonds is 1. The zero-order chi connectivity index (χ0) is 9.97. The van der Waals surface area contributed by atoms with Crippen molar-refractivity contribution in [2.45, 2.75) is 13.5 Å². The number of amides is 1. The Morgan fingerprint density at radius 2 is 2.36 bits per heavy atom. The van der Waals surface area contributed by atoms with Crippen molar-refractivity contribution in [1.82, 2.24) is 4.90 Å². The largest absolute Gasteiger partial charge is 0.491 e. The van der Waals surface area contributed by atoms with Gasteiger partial charge in [0, 0.05) is 12.1 Å². The van der Waals surface area contributed by atoms with Gasteiger partial charge in [-0.15, -0.1) is 0 Å². The first-order chi connectivity index (χ1) is 6.79. The van der Waals surface area contributed by atoms with Gasteiger partial charge in [0.05, 0.1) is 6.54 Å². The fourth-order valence-corrected chi connectivity index (χ4v) is 1.63. The summed E-state index contributed by atoms with van der Waals surface area (Å²) in [4.78, 5) is 12.4. The lowest BCUT2D eigenvalue weighted by atomic mass is 10.1. The van der Waals surface area contributed by atoms with Crippen molar-refractivity contribution in [1.29, 1.82) is 0 Å². The summed E-state index contributed by atoms with van der Waals surface area (Å²) >= 11 is 0. The van der Waals surface area contributed by atoms with Gasteiger partial charge in [0.25, 0.3) is 0 Å². The van der Waals surface area contributed by atoms with E-state index < -0.39 is 0 Å². The minimum atomic E-state index is 0.578. The molecule has 0 fully saturated rings. The number of nitrogens with zero attached hydrogens (tertiary/aromatic N) is 1. The molecule has 0 unspecified atom stereocenters. The van der Waals surface area contributed by atoms with Gasteiger partial charge in [-0.3, -0.25) is 4.79 Å². The molecule has 0 N–H and O–H groups in total. The minimum Gasteiger partial charge on any atom is -0.491 e. The molecule has 1 aromatic carbocycles. The van der Waals surface area contributed by atoms with Gasteiger partial charge in [-0.1, -0.05) is 17.7 Å². The first-order valence-corrected chi connectivity index (χ1v) is 4.71. The molecule has 1 heterocycles. The molecule has 0 radical (unpaired) electrons. The molecule has 0 aromatic heterocycles. The molecule has 1 aliphatic heterocycles. The minimum absolute atomic E-state index is 0.578. The summed E-state index contributed by atoms with van der Waals surface area (Å²) in [5, 5.41) is 0. The number of aryl methyl sites for hydroxylation is 1. The van der Waals surface area contributed by atoms with Crippen LogP contribution in [-0.2, 0) is 11.3 Å². The summed E-state index contributed by atoms with van der Waals surface area (Å²) in [6, 6.07) is 6.06. The maximum atomic E-state index is 10.7. The van der Waals surface area contributed by atoms with Gasteiger partial charge in [-0.2, -0.15) is 0 Å². The molecule has 0 atom stereocenters. The Hall–Kier alpha value is -1.51. The zero-order valence-corrected chi connectivity index (χ0v) is 8.19. The van der Waals surface area contributed by atoms with Crippen molar-refractivity contribution in [2.75, 3.05) is 13.2 Å².